The molecule has 0 aliphatic carbocycles. The minimum atomic E-state index is -0.113. The second-order valence-electron chi connectivity index (χ2n) is 7.18. The fourth-order valence-corrected chi connectivity index (χ4v) is 5.15. The number of thiophene rings is 1. The molecule has 0 atom stereocenters. The van der Waals surface area contributed by atoms with Crippen LogP contribution in [0.5, 0.6) is 5.75 Å². The number of rotatable bonds is 8. The zero-order valence-electron chi connectivity index (χ0n) is 17.7. The Labute approximate surface area is 189 Å². The van der Waals surface area contributed by atoms with Crippen LogP contribution in [-0.2, 0) is 4.79 Å². The predicted molar refractivity (Wildman–Crippen MR) is 128 cm³/mol. The van der Waals surface area contributed by atoms with Crippen molar-refractivity contribution in [2.75, 3.05) is 17.7 Å². The molecule has 2 heterocycles. The molecule has 0 spiro atoms. The van der Waals surface area contributed by atoms with E-state index >= 15 is 0 Å². The summed E-state index contributed by atoms with van der Waals surface area (Å²) in [5.41, 5.74) is 1.74. The normalized spacial score (nSPS) is 11.2. The van der Waals surface area contributed by atoms with Crippen LogP contribution in [0.15, 0.2) is 59.1 Å². The zero-order valence-corrected chi connectivity index (χ0v) is 19.3. The van der Waals surface area contributed by atoms with Crippen LogP contribution in [0.2, 0.25) is 0 Å². The van der Waals surface area contributed by atoms with Crippen molar-refractivity contribution in [3.8, 4) is 17.1 Å². The molecule has 1 N–H and O–H groups in total. The first kappa shape index (κ1) is 21.4. The summed E-state index contributed by atoms with van der Waals surface area (Å²) in [6, 6.07) is 15.9. The molecule has 4 aromatic rings. The highest BCUT2D eigenvalue weighted by Crippen LogP contribution is 2.36. The summed E-state index contributed by atoms with van der Waals surface area (Å²) in [7, 11) is 0. The van der Waals surface area contributed by atoms with Gasteiger partial charge < -0.3 is 10.1 Å². The molecule has 0 unspecified atom stereocenters. The topological polar surface area (TPSA) is 69.0 Å². The second-order valence-corrected chi connectivity index (χ2v) is 9.04. The predicted octanol–water partition coefficient (Wildman–Crippen LogP) is 5.87. The Morgan fingerprint density at radius 1 is 1.16 bits per heavy atom. The number of thioether (sulfide) groups is 1. The number of fused-ring (bicyclic) bond motifs is 1. The number of amides is 1. The van der Waals surface area contributed by atoms with E-state index in [0.717, 1.165) is 16.5 Å². The van der Waals surface area contributed by atoms with E-state index in [4.69, 9.17) is 4.74 Å². The monoisotopic (exact) mass is 452 g/mol. The SMILES string of the molecule is CCOc1ccccc1NC(=O)CSc1nnc(-c2csc3ccccc23)n1C(C)C. The van der Waals surface area contributed by atoms with Crippen molar-refractivity contribution in [3.05, 3.63) is 53.9 Å². The van der Waals surface area contributed by atoms with Gasteiger partial charge in [0.15, 0.2) is 11.0 Å². The molecule has 1 amide bonds. The summed E-state index contributed by atoms with van der Waals surface area (Å²) < 4.78 is 8.90. The Bertz CT molecular complexity index is 1200. The fourth-order valence-electron chi connectivity index (χ4n) is 3.34. The molecule has 0 bridgehead atoms. The van der Waals surface area contributed by atoms with Crippen LogP contribution in [0.1, 0.15) is 26.8 Å². The zero-order chi connectivity index (χ0) is 21.8. The third kappa shape index (κ3) is 4.60. The van der Waals surface area contributed by atoms with Crippen LogP contribution in [-0.4, -0.2) is 33.0 Å². The lowest BCUT2D eigenvalue weighted by Crippen LogP contribution is -2.15. The molecule has 0 saturated carbocycles. The lowest BCUT2D eigenvalue weighted by atomic mass is 10.1. The molecule has 2 aromatic heterocycles. The van der Waals surface area contributed by atoms with E-state index in [9.17, 15) is 4.79 Å². The Hall–Kier alpha value is -2.84. The fraction of sp³-hybridized carbons (Fsp3) is 0.261. The number of nitrogens with zero attached hydrogens (tertiary/aromatic N) is 3. The van der Waals surface area contributed by atoms with Crippen molar-refractivity contribution < 1.29 is 9.53 Å². The number of carbonyl (C=O) groups is 1. The van der Waals surface area contributed by atoms with E-state index in [-0.39, 0.29) is 17.7 Å². The summed E-state index contributed by atoms with van der Waals surface area (Å²) in [6.45, 7) is 6.66. The molecule has 8 heteroatoms. The third-order valence-corrected chi connectivity index (χ3v) is 6.60. The van der Waals surface area contributed by atoms with E-state index in [1.165, 1.54) is 21.8 Å². The van der Waals surface area contributed by atoms with Crippen molar-refractivity contribution in [3.63, 3.8) is 0 Å². The molecule has 2 aromatic carbocycles. The van der Waals surface area contributed by atoms with E-state index in [1.54, 1.807) is 11.3 Å². The maximum atomic E-state index is 12.6. The van der Waals surface area contributed by atoms with Gasteiger partial charge in [0.1, 0.15) is 5.75 Å². The first-order valence-corrected chi connectivity index (χ1v) is 12.0. The maximum Gasteiger partial charge on any atom is 0.234 e. The third-order valence-electron chi connectivity index (χ3n) is 4.70. The minimum Gasteiger partial charge on any atom is -0.492 e. The highest BCUT2D eigenvalue weighted by molar-refractivity contribution is 7.99. The largest absolute Gasteiger partial charge is 0.492 e. The van der Waals surface area contributed by atoms with Crippen LogP contribution in [0, 0.1) is 0 Å². The lowest BCUT2D eigenvalue weighted by molar-refractivity contribution is -0.113. The van der Waals surface area contributed by atoms with Gasteiger partial charge in [-0.1, -0.05) is 42.1 Å². The molecular formula is C23H24N4O2S2. The molecule has 0 saturated heterocycles. The van der Waals surface area contributed by atoms with E-state index in [2.05, 4.69) is 51.4 Å². The number of benzene rings is 2. The number of anilines is 1. The lowest BCUT2D eigenvalue weighted by Gasteiger charge is -2.14. The van der Waals surface area contributed by atoms with Gasteiger partial charge in [0, 0.05) is 27.1 Å². The molecule has 31 heavy (non-hydrogen) atoms. The first-order valence-electron chi connectivity index (χ1n) is 10.1. The number of nitrogens with one attached hydrogen (secondary N) is 1. The summed E-state index contributed by atoms with van der Waals surface area (Å²) >= 11 is 3.08. The molecule has 160 valence electrons. The van der Waals surface area contributed by atoms with Gasteiger partial charge >= 0.3 is 0 Å². The van der Waals surface area contributed by atoms with Gasteiger partial charge in [-0.2, -0.15) is 0 Å². The number of hydrogen-bond acceptors (Lipinski definition) is 6. The van der Waals surface area contributed by atoms with Gasteiger partial charge in [0.25, 0.3) is 0 Å². The summed E-state index contributed by atoms with van der Waals surface area (Å²) in [6.07, 6.45) is 0. The second kappa shape index (κ2) is 9.53. The highest BCUT2D eigenvalue weighted by Gasteiger charge is 2.20. The van der Waals surface area contributed by atoms with Crippen molar-refractivity contribution in [2.45, 2.75) is 32.0 Å². The van der Waals surface area contributed by atoms with Gasteiger partial charge in [0.2, 0.25) is 5.91 Å². The average molecular weight is 453 g/mol. The molecule has 0 fully saturated rings. The van der Waals surface area contributed by atoms with Gasteiger partial charge in [0.05, 0.1) is 18.0 Å². The smallest absolute Gasteiger partial charge is 0.234 e. The van der Waals surface area contributed by atoms with Gasteiger partial charge in [-0.15, -0.1) is 21.5 Å². The van der Waals surface area contributed by atoms with Crippen LogP contribution in [0.4, 0.5) is 5.69 Å². The summed E-state index contributed by atoms with van der Waals surface area (Å²) in [5.74, 6) is 1.62. The number of hydrogen-bond donors (Lipinski definition) is 1. The number of ether oxygens (including phenoxy) is 1. The van der Waals surface area contributed by atoms with Crippen LogP contribution >= 0.6 is 23.1 Å². The number of aromatic nitrogens is 3. The molecule has 6 nitrogen and oxygen atoms in total. The standard InChI is InChI=1S/C23H24N4O2S2/c1-4-29-19-11-7-6-10-18(19)24-21(28)14-31-23-26-25-22(27(23)15(2)3)17-13-30-20-12-8-5-9-16(17)20/h5-13,15H,4,14H2,1-3H3,(H,24,28). The van der Waals surface area contributed by atoms with Crippen LogP contribution < -0.4 is 10.1 Å². The Morgan fingerprint density at radius 2 is 1.94 bits per heavy atom. The van der Waals surface area contributed by atoms with Crippen molar-refractivity contribution >= 4 is 44.8 Å². The van der Waals surface area contributed by atoms with Crippen LogP contribution in [0.3, 0.4) is 0 Å². The van der Waals surface area contributed by atoms with Gasteiger partial charge in [-0.25, -0.2) is 0 Å². The molecule has 0 radical (unpaired) electrons. The Morgan fingerprint density at radius 3 is 2.74 bits per heavy atom. The summed E-state index contributed by atoms with van der Waals surface area (Å²) in [4.78, 5) is 12.6. The van der Waals surface area contributed by atoms with E-state index in [0.29, 0.717) is 18.0 Å². The average Bonchev–Trinajstić information content (AvgIpc) is 3.37. The Kier molecular flexibility index (Phi) is 6.58. The van der Waals surface area contributed by atoms with Crippen LogP contribution in [0.25, 0.3) is 21.5 Å². The maximum absolute atomic E-state index is 12.6. The van der Waals surface area contributed by atoms with Crippen molar-refractivity contribution in [2.24, 2.45) is 0 Å². The molecule has 0 aliphatic heterocycles. The van der Waals surface area contributed by atoms with Gasteiger partial charge in [-0.05, 0) is 39.0 Å². The first-order chi connectivity index (χ1) is 15.1. The van der Waals surface area contributed by atoms with Crippen molar-refractivity contribution in [1.29, 1.82) is 0 Å². The summed E-state index contributed by atoms with van der Waals surface area (Å²) in [5, 5.41) is 15.8. The molecule has 0 aliphatic rings. The van der Waals surface area contributed by atoms with E-state index in [1.807, 2.05) is 43.3 Å². The highest BCUT2D eigenvalue weighted by atomic mass is 32.2. The number of carbonyl (C=O) groups excluding carboxylic acids is 1. The quantitative estimate of drug-likeness (QED) is 0.339. The minimum absolute atomic E-state index is 0.113. The number of para-hydroxylation sites is 2. The Balaban J connectivity index is 1.53. The molecule has 4 rings (SSSR count). The van der Waals surface area contributed by atoms with Crippen molar-refractivity contribution in [1.82, 2.24) is 14.8 Å². The van der Waals surface area contributed by atoms with E-state index < -0.39 is 0 Å². The van der Waals surface area contributed by atoms with Gasteiger partial charge in [-0.3, -0.25) is 9.36 Å². The molecular weight excluding hydrogens is 428 g/mol.